The predicted octanol–water partition coefficient (Wildman–Crippen LogP) is 4.34. The van der Waals surface area contributed by atoms with Crippen LogP contribution in [0.2, 0.25) is 0 Å². The third kappa shape index (κ3) is 18.5. The van der Waals surface area contributed by atoms with E-state index in [1.165, 1.54) is 12.5 Å². The molecule has 1 unspecified atom stereocenters. The molecule has 17 heteroatoms. The molecule has 1 atom stereocenters. The van der Waals surface area contributed by atoms with Crippen LogP contribution >= 0.6 is 0 Å². The summed E-state index contributed by atoms with van der Waals surface area (Å²) in [5.41, 5.74) is 1.32. The average Bonchev–Trinajstić information content (AvgIpc) is 3.71. The summed E-state index contributed by atoms with van der Waals surface area (Å²) in [5, 5.41) is 0. The molecule has 3 aromatic rings. The van der Waals surface area contributed by atoms with E-state index in [9.17, 15) is 14.4 Å². The van der Waals surface area contributed by atoms with E-state index in [1.807, 2.05) is 24.3 Å². The molecule has 1 aliphatic rings. The first-order valence-corrected chi connectivity index (χ1v) is 21.3. The normalized spacial score (nSPS) is 14.1. The number of H-pyrrole nitrogens is 2. The number of hydrogen-bond acceptors (Lipinski definition) is 14. The quantitative estimate of drug-likeness (QED) is 0.0490. The van der Waals surface area contributed by atoms with Crippen molar-refractivity contribution in [1.29, 1.82) is 0 Å². The van der Waals surface area contributed by atoms with Crippen molar-refractivity contribution in [3.63, 3.8) is 0 Å². The number of carbonyl (C=O) groups is 1. The second-order valence-electron chi connectivity index (χ2n) is 14.2. The van der Waals surface area contributed by atoms with Gasteiger partial charge in [-0.3, -0.25) is 14.3 Å². The standard InChI is InChI=1S/C43H66N4O13/c1-3-7-37(35-8-5-4-6-9-35)47-41-39(42(49)46-43(47)50)44-40(45-41)36-13-10-34(11-14-36)12-15-38(48)60-33-32-59-31-30-58-29-28-57-27-26-56-25-24-55-23-22-54-21-20-53-19-18-52-17-16-51-2/h10-15,35,37H,3-9,16-33H2,1-2H3,(H,44,45)(H,46,49,50). The van der Waals surface area contributed by atoms with Crippen LogP contribution < -0.4 is 11.2 Å². The van der Waals surface area contributed by atoms with Crippen molar-refractivity contribution in [2.24, 2.45) is 5.92 Å². The van der Waals surface area contributed by atoms with Gasteiger partial charge in [-0.15, -0.1) is 0 Å². The zero-order chi connectivity index (χ0) is 42.5. The molecule has 1 aromatic carbocycles. The molecule has 1 aliphatic carbocycles. The van der Waals surface area contributed by atoms with Gasteiger partial charge >= 0.3 is 11.7 Å². The van der Waals surface area contributed by atoms with Gasteiger partial charge in [0.15, 0.2) is 5.65 Å². The fraction of sp³-hybridized carbons (Fsp3) is 0.674. The number of aromatic nitrogens is 4. The smallest absolute Gasteiger partial charge is 0.330 e. The lowest BCUT2D eigenvalue weighted by Crippen LogP contribution is -2.36. The SMILES string of the molecule is CCCC(C1CCCCC1)n1c(=O)[nH]c(=O)c2[nH]c(-c3ccc(C=CC(=O)OCCOCCOCCOCCOCCOCCOCCOCCOCCOC)cc3)nc21. The van der Waals surface area contributed by atoms with Crippen molar-refractivity contribution < 1.29 is 52.2 Å². The summed E-state index contributed by atoms with van der Waals surface area (Å²) in [4.78, 5) is 48.6. The highest BCUT2D eigenvalue weighted by Gasteiger charge is 2.28. The lowest BCUT2D eigenvalue weighted by Gasteiger charge is -2.31. The van der Waals surface area contributed by atoms with E-state index in [0.717, 1.165) is 49.7 Å². The van der Waals surface area contributed by atoms with E-state index in [0.29, 0.717) is 129 Å². The predicted molar refractivity (Wildman–Crippen MR) is 225 cm³/mol. The molecule has 1 fully saturated rings. The topological polar surface area (TPSA) is 193 Å². The zero-order valence-corrected chi connectivity index (χ0v) is 35.5. The average molecular weight is 847 g/mol. The summed E-state index contributed by atoms with van der Waals surface area (Å²) in [6, 6.07) is 7.37. The van der Waals surface area contributed by atoms with Gasteiger partial charge < -0.3 is 52.4 Å². The molecular weight excluding hydrogens is 780 g/mol. The fourth-order valence-corrected chi connectivity index (χ4v) is 6.80. The zero-order valence-electron chi connectivity index (χ0n) is 35.5. The van der Waals surface area contributed by atoms with E-state index in [2.05, 4.69) is 16.9 Å². The summed E-state index contributed by atoms with van der Waals surface area (Å²) < 4.78 is 55.4. The molecule has 4 rings (SSSR count). The van der Waals surface area contributed by atoms with Crippen LogP contribution in [0.3, 0.4) is 0 Å². The van der Waals surface area contributed by atoms with E-state index in [4.69, 9.17) is 52.4 Å². The molecule has 2 N–H and O–H groups in total. The number of hydrogen-bond donors (Lipinski definition) is 2. The summed E-state index contributed by atoms with van der Waals surface area (Å²) in [6.07, 6.45) is 10.5. The van der Waals surface area contributed by atoms with E-state index in [-0.39, 0.29) is 19.3 Å². The highest BCUT2D eigenvalue weighted by atomic mass is 16.6. The Morgan fingerprint density at radius 3 is 1.67 bits per heavy atom. The number of carbonyl (C=O) groups excluding carboxylic acids is 1. The summed E-state index contributed by atoms with van der Waals surface area (Å²) in [5.74, 6) is 0.388. The van der Waals surface area contributed by atoms with Crippen molar-refractivity contribution in [3.8, 4) is 11.4 Å². The van der Waals surface area contributed by atoms with Gasteiger partial charge in [-0.2, -0.15) is 0 Å². The van der Waals surface area contributed by atoms with Crippen molar-refractivity contribution in [2.75, 3.05) is 126 Å². The Morgan fingerprint density at radius 1 is 0.700 bits per heavy atom. The number of rotatable bonds is 34. The minimum atomic E-state index is -0.485. The van der Waals surface area contributed by atoms with Crippen molar-refractivity contribution in [2.45, 2.75) is 57.9 Å². The maximum atomic E-state index is 13.2. The first kappa shape index (κ1) is 48.9. The Bertz CT molecular complexity index is 1740. The van der Waals surface area contributed by atoms with Crippen LogP contribution in [0.1, 0.15) is 63.5 Å². The van der Waals surface area contributed by atoms with Gasteiger partial charge in [0.25, 0.3) is 5.56 Å². The fourth-order valence-electron chi connectivity index (χ4n) is 6.80. The van der Waals surface area contributed by atoms with Gasteiger partial charge in [0, 0.05) is 24.8 Å². The Hall–Kier alpha value is -3.78. The summed E-state index contributed by atoms with van der Waals surface area (Å²) in [6.45, 7) is 10.2. The number of methoxy groups -OCH3 is 1. The highest BCUT2D eigenvalue weighted by molar-refractivity contribution is 5.87. The number of esters is 1. The van der Waals surface area contributed by atoms with Crippen molar-refractivity contribution in [1.82, 2.24) is 19.5 Å². The maximum absolute atomic E-state index is 13.2. The summed E-state index contributed by atoms with van der Waals surface area (Å²) in [7, 11) is 1.64. The lowest BCUT2D eigenvalue weighted by molar-refractivity contribution is -0.139. The van der Waals surface area contributed by atoms with Crippen molar-refractivity contribution >= 4 is 23.2 Å². The number of benzene rings is 1. The molecule has 2 heterocycles. The third-order valence-electron chi connectivity index (χ3n) is 9.79. The monoisotopic (exact) mass is 846 g/mol. The van der Waals surface area contributed by atoms with Crippen LogP contribution in [0.25, 0.3) is 28.6 Å². The van der Waals surface area contributed by atoms with Gasteiger partial charge in [-0.05, 0) is 36.8 Å². The van der Waals surface area contributed by atoms with Gasteiger partial charge in [0.2, 0.25) is 0 Å². The van der Waals surface area contributed by atoms with Crippen LogP contribution in [0.4, 0.5) is 0 Å². The number of nitrogens with zero attached hydrogens (tertiary/aromatic N) is 2. The van der Waals surface area contributed by atoms with Crippen molar-refractivity contribution in [3.05, 3.63) is 56.7 Å². The van der Waals surface area contributed by atoms with E-state index >= 15 is 0 Å². The molecule has 0 amide bonds. The molecule has 0 aliphatic heterocycles. The second-order valence-corrected chi connectivity index (χ2v) is 14.2. The largest absolute Gasteiger partial charge is 0.460 e. The minimum absolute atomic E-state index is 0.0173. The molecule has 0 spiro atoms. The molecule has 0 bridgehead atoms. The Labute approximate surface area is 352 Å². The van der Waals surface area contributed by atoms with Crippen LogP contribution in [0, 0.1) is 5.92 Å². The molecule has 336 valence electrons. The molecule has 1 saturated carbocycles. The van der Waals surface area contributed by atoms with Crippen LogP contribution in [0.15, 0.2) is 39.9 Å². The third-order valence-corrected chi connectivity index (χ3v) is 9.79. The molecule has 0 radical (unpaired) electrons. The highest BCUT2D eigenvalue weighted by Crippen LogP contribution is 2.36. The Balaban J connectivity index is 0.986. The first-order chi connectivity index (χ1) is 29.5. The second kappa shape index (κ2) is 30.3. The molecule has 60 heavy (non-hydrogen) atoms. The lowest BCUT2D eigenvalue weighted by atomic mass is 9.82. The van der Waals surface area contributed by atoms with E-state index in [1.54, 1.807) is 17.8 Å². The Morgan fingerprint density at radius 2 is 1.18 bits per heavy atom. The Kier molecular flexibility index (Phi) is 24.7. The number of ether oxygens (including phenoxy) is 10. The van der Waals surface area contributed by atoms with Gasteiger partial charge in [0.05, 0.1) is 112 Å². The minimum Gasteiger partial charge on any atom is -0.460 e. The molecular formula is C43H66N4O13. The number of nitrogens with one attached hydrogen (secondary N) is 2. The van der Waals surface area contributed by atoms with Gasteiger partial charge in [-0.1, -0.05) is 56.9 Å². The molecule has 2 aromatic heterocycles. The maximum Gasteiger partial charge on any atom is 0.330 e. The van der Waals surface area contributed by atoms with Gasteiger partial charge in [0.1, 0.15) is 17.9 Å². The van der Waals surface area contributed by atoms with E-state index < -0.39 is 17.2 Å². The summed E-state index contributed by atoms with van der Waals surface area (Å²) >= 11 is 0. The van der Waals surface area contributed by atoms with Crippen LogP contribution in [0.5, 0.6) is 0 Å². The van der Waals surface area contributed by atoms with Crippen LogP contribution in [-0.2, 0) is 52.2 Å². The number of aromatic amines is 2. The number of imidazole rings is 1. The molecule has 17 nitrogen and oxygen atoms in total. The number of fused-ring (bicyclic) bond motifs is 1. The van der Waals surface area contributed by atoms with Crippen LogP contribution in [-0.4, -0.2) is 152 Å². The first-order valence-electron chi connectivity index (χ1n) is 21.3. The van der Waals surface area contributed by atoms with Gasteiger partial charge in [-0.25, -0.2) is 14.6 Å². The molecule has 0 saturated heterocycles.